The normalized spacial score (nSPS) is 11.8. The third kappa shape index (κ3) is 4.47. The first-order chi connectivity index (χ1) is 13.2. The van der Waals surface area contributed by atoms with Crippen LogP contribution in [0.1, 0.15) is 21.6 Å². The third-order valence-corrected chi connectivity index (χ3v) is 6.48. The minimum absolute atomic E-state index is 0.124. The minimum atomic E-state index is -4.36. The summed E-state index contributed by atoms with van der Waals surface area (Å²) in [6.45, 7) is 4.28. The summed E-state index contributed by atoms with van der Waals surface area (Å²) >= 11 is 2.94. The number of carbonyl (C=O) groups excluding carboxylic acids is 1. The van der Waals surface area contributed by atoms with Crippen molar-refractivity contribution in [1.82, 2.24) is 14.9 Å². The molecular formula is C19H18F3N3OS2. The smallest absolute Gasteiger partial charge is 0.341 e. The van der Waals surface area contributed by atoms with Crippen LogP contribution in [0.15, 0.2) is 35.6 Å². The molecule has 0 fully saturated rings. The second-order valence-electron chi connectivity index (χ2n) is 6.38. The molecule has 148 valence electrons. The average Bonchev–Trinajstić information content (AvgIpc) is 2.94. The Kier molecular flexibility index (Phi) is 5.95. The summed E-state index contributed by atoms with van der Waals surface area (Å²) in [6.07, 6.45) is -2.87. The summed E-state index contributed by atoms with van der Waals surface area (Å²) in [5.41, 5.74) is 1.06. The summed E-state index contributed by atoms with van der Waals surface area (Å²) < 4.78 is 37.9. The second kappa shape index (κ2) is 8.08. The van der Waals surface area contributed by atoms with Crippen molar-refractivity contribution in [3.05, 3.63) is 52.2 Å². The lowest BCUT2D eigenvalue weighted by Crippen LogP contribution is -2.27. The van der Waals surface area contributed by atoms with Crippen molar-refractivity contribution in [1.29, 1.82) is 0 Å². The molecule has 0 atom stereocenters. The SMILES string of the molecule is Cc1sc2ncnc(SCC(=O)N(C)Cc3ccc(C(F)(F)F)cc3)c2c1C. The monoisotopic (exact) mass is 425 g/mol. The highest BCUT2D eigenvalue weighted by atomic mass is 32.2. The number of amides is 1. The van der Waals surface area contributed by atoms with Crippen molar-refractivity contribution >= 4 is 39.2 Å². The van der Waals surface area contributed by atoms with Crippen LogP contribution in [-0.4, -0.2) is 33.6 Å². The number of fused-ring (bicyclic) bond motifs is 1. The van der Waals surface area contributed by atoms with Gasteiger partial charge in [0.05, 0.1) is 11.3 Å². The quantitative estimate of drug-likeness (QED) is 0.423. The van der Waals surface area contributed by atoms with E-state index in [0.717, 1.165) is 32.9 Å². The molecule has 2 heterocycles. The van der Waals surface area contributed by atoms with E-state index in [1.54, 1.807) is 18.4 Å². The molecule has 1 aromatic carbocycles. The molecule has 3 rings (SSSR count). The third-order valence-electron chi connectivity index (χ3n) is 4.39. The molecule has 2 aromatic heterocycles. The second-order valence-corrected chi connectivity index (χ2v) is 8.54. The summed E-state index contributed by atoms with van der Waals surface area (Å²) in [7, 11) is 1.64. The number of benzene rings is 1. The molecule has 0 N–H and O–H groups in total. The number of halogens is 3. The van der Waals surface area contributed by atoms with Crippen molar-refractivity contribution in [3.8, 4) is 0 Å². The fraction of sp³-hybridized carbons (Fsp3) is 0.316. The van der Waals surface area contributed by atoms with E-state index in [9.17, 15) is 18.0 Å². The van der Waals surface area contributed by atoms with E-state index in [2.05, 4.69) is 9.97 Å². The molecule has 0 saturated heterocycles. The lowest BCUT2D eigenvalue weighted by molar-refractivity contribution is -0.137. The number of nitrogens with zero attached hydrogens (tertiary/aromatic N) is 3. The lowest BCUT2D eigenvalue weighted by atomic mass is 10.1. The number of hydrogen-bond acceptors (Lipinski definition) is 5. The maximum absolute atomic E-state index is 12.6. The fourth-order valence-corrected chi connectivity index (χ4v) is 4.72. The van der Waals surface area contributed by atoms with Gasteiger partial charge in [0.25, 0.3) is 0 Å². The number of aromatic nitrogens is 2. The van der Waals surface area contributed by atoms with E-state index in [1.165, 1.54) is 40.0 Å². The van der Waals surface area contributed by atoms with Gasteiger partial charge in [-0.15, -0.1) is 11.3 Å². The Labute approximate surface area is 168 Å². The van der Waals surface area contributed by atoms with Gasteiger partial charge in [0.2, 0.25) is 5.91 Å². The summed E-state index contributed by atoms with van der Waals surface area (Å²) in [6, 6.07) is 4.85. The zero-order chi connectivity index (χ0) is 20.5. The van der Waals surface area contributed by atoms with Crippen LogP contribution in [0.2, 0.25) is 0 Å². The predicted octanol–water partition coefficient (Wildman–Crippen LogP) is 5.08. The highest BCUT2D eigenvalue weighted by Gasteiger charge is 2.30. The van der Waals surface area contributed by atoms with E-state index in [4.69, 9.17) is 0 Å². The standard InChI is InChI=1S/C19H18F3N3OS2/c1-11-12(2)28-18-16(11)17(23-10-24-18)27-9-15(26)25(3)8-13-4-6-14(7-5-13)19(20,21)22/h4-7,10H,8-9H2,1-3H3. The molecule has 0 radical (unpaired) electrons. The number of rotatable bonds is 5. The first-order valence-electron chi connectivity index (χ1n) is 8.40. The van der Waals surface area contributed by atoms with Crippen LogP contribution >= 0.6 is 23.1 Å². The van der Waals surface area contributed by atoms with Crippen LogP contribution < -0.4 is 0 Å². The van der Waals surface area contributed by atoms with Crippen molar-refractivity contribution in [2.75, 3.05) is 12.8 Å². The van der Waals surface area contributed by atoms with Gasteiger partial charge in [-0.2, -0.15) is 13.2 Å². The minimum Gasteiger partial charge on any atom is -0.341 e. The molecule has 0 aliphatic rings. The fourth-order valence-electron chi connectivity index (χ4n) is 2.66. The van der Waals surface area contributed by atoms with Crippen LogP contribution in [0.4, 0.5) is 13.2 Å². The van der Waals surface area contributed by atoms with Gasteiger partial charge < -0.3 is 4.90 Å². The van der Waals surface area contributed by atoms with Crippen LogP contribution in [0.25, 0.3) is 10.2 Å². The lowest BCUT2D eigenvalue weighted by Gasteiger charge is -2.17. The molecule has 0 unspecified atom stereocenters. The van der Waals surface area contributed by atoms with Crippen LogP contribution in [0.5, 0.6) is 0 Å². The number of aryl methyl sites for hydroxylation is 2. The molecule has 3 aromatic rings. The number of alkyl halides is 3. The largest absolute Gasteiger partial charge is 0.416 e. The van der Waals surface area contributed by atoms with E-state index in [0.29, 0.717) is 5.56 Å². The number of hydrogen-bond donors (Lipinski definition) is 0. The molecular weight excluding hydrogens is 407 g/mol. The van der Waals surface area contributed by atoms with E-state index in [1.807, 2.05) is 13.8 Å². The van der Waals surface area contributed by atoms with E-state index >= 15 is 0 Å². The van der Waals surface area contributed by atoms with Crippen molar-refractivity contribution in [2.24, 2.45) is 0 Å². The van der Waals surface area contributed by atoms with E-state index in [-0.39, 0.29) is 18.2 Å². The van der Waals surface area contributed by atoms with Gasteiger partial charge in [-0.25, -0.2) is 9.97 Å². The zero-order valence-corrected chi connectivity index (χ0v) is 17.1. The van der Waals surface area contributed by atoms with Crippen molar-refractivity contribution in [2.45, 2.75) is 31.6 Å². The summed E-state index contributed by atoms with van der Waals surface area (Å²) in [4.78, 5) is 24.6. The summed E-state index contributed by atoms with van der Waals surface area (Å²) in [5, 5.41) is 1.75. The Hall–Kier alpha value is -2.13. The first-order valence-corrected chi connectivity index (χ1v) is 10.2. The van der Waals surface area contributed by atoms with Crippen LogP contribution in [-0.2, 0) is 17.5 Å². The zero-order valence-electron chi connectivity index (χ0n) is 15.5. The van der Waals surface area contributed by atoms with Gasteiger partial charge in [-0.1, -0.05) is 23.9 Å². The maximum atomic E-state index is 12.6. The molecule has 0 aliphatic heterocycles. The van der Waals surface area contributed by atoms with Gasteiger partial charge in [-0.05, 0) is 37.1 Å². The molecule has 0 spiro atoms. The topological polar surface area (TPSA) is 46.1 Å². The van der Waals surface area contributed by atoms with Gasteiger partial charge in [0.15, 0.2) is 0 Å². The molecule has 0 aliphatic carbocycles. The Balaban J connectivity index is 1.64. The molecule has 4 nitrogen and oxygen atoms in total. The summed E-state index contributed by atoms with van der Waals surface area (Å²) in [5.74, 6) is 0.0682. The molecule has 1 amide bonds. The van der Waals surface area contributed by atoms with Crippen molar-refractivity contribution < 1.29 is 18.0 Å². The maximum Gasteiger partial charge on any atom is 0.416 e. The number of carbonyl (C=O) groups is 1. The Bertz CT molecular complexity index is 1000. The number of thioether (sulfide) groups is 1. The Morgan fingerprint density at radius 2 is 1.86 bits per heavy atom. The number of thiophene rings is 1. The highest BCUT2D eigenvalue weighted by Crippen LogP contribution is 2.34. The van der Waals surface area contributed by atoms with E-state index < -0.39 is 11.7 Å². The van der Waals surface area contributed by atoms with Gasteiger partial charge in [0, 0.05) is 23.9 Å². The predicted molar refractivity (Wildman–Crippen MR) is 106 cm³/mol. The Morgan fingerprint density at radius 3 is 2.50 bits per heavy atom. The molecule has 28 heavy (non-hydrogen) atoms. The van der Waals surface area contributed by atoms with Gasteiger partial charge in [0.1, 0.15) is 16.2 Å². The van der Waals surface area contributed by atoms with Crippen LogP contribution in [0, 0.1) is 13.8 Å². The van der Waals surface area contributed by atoms with Gasteiger partial charge >= 0.3 is 6.18 Å². The Morgan fingerprint density at radius 1 is 1.18 bits per heavy atom. The first kappa shape index (κ1) is 20.6. The average molecular weight is 426 g/mol. The van der Waals surface area contributed by atoms with Crippen molar-refractivity contribution in [3.63, 3.8) is 0 Å². The van der Waals surface area contributed by atoms with Crippen LogP contribution in [0.3, 0.4) is 0 Å². The highest BCUT2D eigenvalue weighted by molar-refractivity contribution is 8.00. The van der Waals surface area contributed by atoms with Gasteiger partial charge in [-0.3, -0.25) is 4.79 Å². The molecule has 9 heteroatoms. The molecule has 0 bridgehead atoms. The molecule has 0 saturated carbocycles.